The molecule has 38 heavy (non-hydrogen) atoms. The van der Waals surface area contributed by atoms with Crippen molar-refractivity contribution < 1.29 is 31.6 Å². The molecule has 1 aromatic carbocycles. The summed E-state index contributed by atoms with van der Waals surface area (Å²) in [6, 6.07) is 4.24. The minimum atomic E-state index is -4.76. The van der Waals surface area contributed by atoms with E-state index in [-0.39, 0.29) is 36.8 Å². The second-order valence-electron chi connectivity index (χ2n) is 9.52. The molecule has 3 heterocycles. The summed E-state index contributed by atoms with van der Waals surface area (Å²) in [5, 5.41) is 4.26. The molecule has 0 saturated carbocycles. The summed E-state index contributed by atoms with van der Waals surface area (Å²) < 4.78 is 62.7. The SMILES string of the molecule is Cc1cc(C(=O)n2nc(C3CCCN(C(=O)N(C)C)C3C(F)(F)F)nc2N(C)Cc2ccc(F)cc2)co1. The molecular formula is C25H28F4N6O3. The third-order valence-corrected chi connectivity index (χ3v) is 6.38. The van der Waals surface area contributed by atoms with Crippen LogP contribution in [0.5, 0.6) is 0 Å². The van der Waals surface area contributed by atoms with Crippen molar-refractivity contribution in [3.8, 4) is 0 Å². The van der Waals surface area contributed by atoms with Crippen LogP contribution in [-0.2, 0) is 6.54 Å². The molecule has 2 amide bonds. The quantitative estimate of drug-likeness (QED) is 0.449. The number of rotatable bonds is 5. The zero-order valence-corrected chi connectivity index (χ0v) is 21.4. The fourth-order valence-corrected chi connectivity index (χ4v) is 4.61. The zero-order valence-electron chi connectivity index (χ0n) is 21.4. The molecule has 0 radical (unpaired) electrons. The van der Waals surface area contributed by atoms with E-state index >= 15 is 0 Å². The Morgan fingerprint density at radius 3 is 2.42 bits per heavy atom. The molecule has 2 aromatic heterocycles. The van der Waals surface area contributed by atoms with E-state index in [2.05, 4.69) is 10.1 Å². The van der Waals surface area contributed by atoms with Crippen LogP contribution in [-0.4, -0.2) is 76.4 Å². The second-order valence-corrected chi connectivity index (χ2v) is 9.52. The van der Waals surface area contributed by atoms with Crippen molar-refractivity contribution in [2.75, 3.05) is 32.6 Å². The molecule has 0 spiro atoms. The molecule has 0 N–H and O–H groups in total. The highest BCUT2D eigenvalue weighted by molar-refractivity contribution is 5.96. The van der Waals surface area contributed by atoms with E-state index in [0.29, 0.717) is 17.7 Å². The molecule has 204 valence electrons. The number of piperidine rings is 1. The van der Waals surface area contributed by atoms with Gasteiger partial charge in [0.15, 0.2) is 5.82 Å². The van der Waals surface area contributed by atoms with E-state index in [1.807, 2.05) is 0 Å². The van der Waals surface area contributed by atoms with Crippen molar-refractivity contribution in [2.45, 2.75) is 44.4 Å². The number of halogens is 4. The van der Waals surface area contributed by atoms with Crippen molar-refractivity contribution >= 4 is 17.9 Å². The van der Waals surface area contributed by atoms with E-state index in [9.17, 15) is 27.2 Å². The van der Waals surface area contributed by atoms with Crippen LogP contribution in [0.4, 0.5) is 28.3 Å². The molecule has 9 nitrogen and oxygen atoms in total. The van der Waals surface area contributed by atoms with Gasteiger partial charge in [0.05, 0.1) is 11.5 Å². The molecule has 0 bridgehead atoms. The summed E-state index contributed by atoms with van der Waals surface area (Å²) >= 11 is 0. The molecule has 13 heteroatoms. The minimum Gasteiger partial charge on any atom is -0.469 e. The summed E-state index contributed by atoms with van der Waals surface area (Å²) in [5.74, 6) is -2.06. The standard InChI is InChI=1S/C25H28F4N6O3/c1-15-12-17(14-38-15)22(36)35-23(33(4)13-16-7-9-18(26)10-8-16)30-21(31-35)19-6-5-11-34(24(37)32(2)3)20(19)25(27,28)29/h7-10,12,14,19-20H,5-6,11,13H2,1-4H3. The first-order chi connectivity index (χ1) is 17.9. The van der Waals surface area contributed by atoms with Gasteiger partial charge in [0.25, 0.3) is 5.91 Å². The predicted octanol–water partition coefficient (Wildman–Crippen LogP) is 4.44. The lowest BCUT2D eigenvalue weighted by molar-refractivity contribution is -0.189. The number of hydrogen-bond donors (Lipinski definition) is 0. The second kappa shape index (κ2) is 10.5. The van der Waals surface area contributed by atoms with Gasteiger partial charge in [-0.2, -0.15) is 22.8 Å². The van der Waals surface area contributed by atoms with Crippen molar-refractivity contribution in [2.24, 2.45) is 0 Å². The van der Waals surface area contributed by atoms with Gasteiger partial charge in [-0.15, -0.1) is 5.10 Å². The number of benzene rings is 1. The van der Waals surface area contributed by atoms with E-state index in [0.717, 1.165) is 14.5 Å². The van der Waals surface area contributed by atoms with Crippen LogP contribution in [0, 0.1) is 12.7 Å². The maximum Gasteiger partial charge on any atom is 0.409 e. The molecule has 1 aliphatic heterocycles. The summed E-state index contributed by atoms with van der Waals surface area (Å²) in [6.45, 7) is 1.76. The van der Waals surface area contributed by atoms with Gasteiger partial charge in [0.2, 0.25) is 5.95 Å². The van der Waals surface area contributed by atoms with Crippen LogP contribution in [0.2, 0.25) is 0 Å². The van der Waals surface area contributed by atoms with Crippen LogP contribution in [0.15, 0.2) is 41.0 Å². The molecule has 2 unspecified atom stereocenters. The maximum absolute atomic E-state index is 14.4. The van der Waals surface area contributed by atoms with Gasteiger partial charge in [0, 0.05) is 34.2 Å². The third kappa shape index (κ3) is 5.50. The van der Waals surface area contributed by atoms with Crippen molar-refractivity contribution in [3.05, 3.63) is 65.1 Å². The van der Waals surface area contributed by atoms with Crippen LogP contribution < -0.4 is 4.90 Å². The monoisotopic (exact) mass is 536 g/mol. The van der Waals surface area contributed by atoms with E-state index in [1.165, 1.54) is 38.6 Å². The van der Waals surface area contributed by atoms with Crippen LogP contribution in [0.3, 0.4) is 0 Å². The predicted molar refractivity (Wildman–Crippen MR) is 129 cm³/mol. The zero-order chi connectivity index (χ0) is 27.8. The number of carbonyl (C=O) groups is 2. The van der Waals surface area contributed by atoms with Gasteiger partial charge in [-0.3, -0.25) is 4.79 Å². The van der Waals surface area contributed by atoms with Gasteiger partial charge in [-0.25, -0.2) is 9.18 Å². The third-order valence-electron chi connectivity index (χ3n) is 6.38. The minimum absolute atomic E-state index is 0.00478. The first-order valence-electron chi connectivity index (χ1n) is 11.9. The van der Waals surface area contributed by atoms with E-state index < -0.39 is 35.9 Å². The number of likely N-dealkylation sites (tertiary alicyclic amines) is 1. The normalized spacial score (nSPS) is 17.9. The molecular weight excluding hydrogens is 508 g/mol. The summed E-state index contributed by atoms with van der Waals surface area (Å²) in [4.78, 5) is 33.8. The Kier molecular flexibility index (Phi) is 7.47. The first kappa shape index (κ1) is 27.1. The van der Waals surface area contributed by atoms with Gasteiger partial charge in [-0.1, -0.05) is 12.1 Å². The molecule has 0 aliphatic carbocycles. The lowest BCUT2D eigenvalue weighted by Gasteiger charge is -2.41. The molecule has 1 aliphatic rings. The van der Waals surface area contributed by atoms with Gasteiger partial charge in [-0.05, 0) is 43.5 Å². The van der Waals surface area contributed by atoms with E-state index in [4.69, 9.17) is 4.42 Å². The molecule has 3 aromatic rings. The van der Waals surface area contributed by atoms with Crippen LogP contribution in [0.1, 0.15) is 46.3 Å². The number of nitrogens with zero attached hydrogens (tertiary/aromatic N) is 6. The number of hydrogen-bond acceptors (Lipinski definition) is 6. The van der Waals surface area contributed by atoms with Crippen molar-refractivity contribution in [1.29, 1.82) is 0 Å². The highest BCUT2D eigenvalue weighted by atomic mass is 19.4. The highest BCUT2D eigenvalue weighted by Gasteiger charge is 2.53. The van der Waals surface area contributed by atoms with Crippen LogP contribution >= 0.6 is 0 Å². The number of anilines is 1. The summed E-state index contributed by atoms with van der Waals surface area (Å²) in [5.41, 5.74) is 0.834. The number of amides is 2. The van der Waals surface area contributed by atoms with E-state index in [1.54, 1.807) is 31.0 Å². The molecule has 1 fully saturated rings. The van der Waals surface area contributed by atoms with Crippen molar-refractivity contribution in [1.82, 2.24) is 24.6 Å². The van der Waals surface area contributed by atoms with Gasteiger partial charge in [0.1, 0.15) is 23.9 Å². The summed E-state index contributed by atoms with van der Waals surface area (Å²) in [7, 11) is 4.38. The lowest BCUT2D eigenvalue weighted by atomic mass is 9.88. The smallest absolute Gasteiger partial charge is 0.409 e. The van der Waals surface area contributed by atoms with Crippen molar-refractivity contribution in [3.63, 3.8) is 0 Å². The Bertz CT molecular complexity index is 1300. The largest absolute Gasteiger partial charge is 0.469 e. The summed E-state index contributed by atoms with van der Waals surface area (Å²) in [6.07, 6.45) is -3.14. The maximum atomic E-state index is 14.4. The Hall–Kier alpha value is -3.90. The number of aryl methyl sites for hydroxylation is 1. The number of alkyl halides is 3. The van der Waals surface area contributed by atoms with Gasteiger partial charge < -0.3 is 19.1 Å². The fourth-order valence-electron chi connectivity index (χ4n) is 4.61. The fraction of sp³-hybridized carbons (Fsp3) is 0.440. The highest BCUT2D eigenvalue weighted by Crippen LogP contribution is 2.41. The lowest BCUT2D eigenvalue weighted by Crippen LogP contribution is -2.57. The number of furan rings is 1. The molecule has 1 saturated heterocycles. The average molecular weight is 537 g/mol. The Morgan fingerprint density at radius 2 is 1.84 bits per heavy atom. The van der Waals surface area contributed by atoms with Gasteiger partial charge >= 0.3 is 12.2 Å². The first-order valence-corrected chi connectivity index (χ1v) is 11.9. The Balaban J connectivity index is 1.77. The topological polar surface area (TPSA) is 87.7 Å². The van der Waals surface area contributed by atoms with Crippen LogP contribution in [0.25, 0.3) is 0 Å². The number of aromatic nitrogens is 3. The Morgan fingerprint density at radius 1 is 1.16 bits per heavy atom. The Labute approximate surface area is 216 Å². The number of carbonyl (C=O) groups excluding carboxylic acids is 2. The molecule has 4 rings (SSSR count). The average Bonchev–Trinajstić information content (AvgIpc) is 3.50. The number of urea groups is 1. The molecule has 2 atom stereocenters.